The van der Waals surface area contributed by atoms with E-state index in [1.165, 1.54) is 0 Å². The van der Waals surface area contributed by atoms with Gasteiger partial charge in [0.25, 0.3) is 0 Å². The van der Waals surface area contributed by atoms with Crippen LogP contribution in [0.3, 0.4) is 0 Å². The van der Waals surface area contributed by atoms with Crippen LogP contribution in [-0.2, 0) is 14.3 Å². The highest BCUT2D eigenvalue weighted by Gasteiger charge is 2.11. The normalized spacial score (nSPS) is 10.1. The molecule has 0 unspecified atom stereocenters. The summed E-state index contributed by atoms with van der Waals surface area (Å²) >= 11 is 0. The first kappa shape index (κ1) is 19.2. The molecule has 2 N–H and O–H groups in total. The highest BCUT2D eigenvalue weighted by atomic mass is 16.5. The fraction of sp³-hybridized carbons (Fsp3) is 0.250. The van der Waals surface area contributed by atoms with Crippen molar-refractivity contribution in [1.29, 1.82) is 0 Å². The topological polar surface area (TPSA) is 84.5 Å². The Morgan fingerprint density at radius 1 is 0.846 bits per heavy atom. The monoisotopic (exact) mass is 354 g/mol. The Morgan fingerprint density at radius 2 is 1.38 bits per heavy atom. The van der Waals surface area contributed by atoms with Crippen LogP contribution in [0.1, 0.15) is 34.8 Å². The smallest absolute Gasteiger partial charge is 0.338 e. The van der Waals surface area contributed by atoms with E-state index < -0.39 is 17.8 Å². The second-order valence-electron chi connectivity index (χ2n) is 5.95. The molecule has 0 aliphatic heterocycles. The third kappa shape index (κ3) is 5.73. The molecule has 0 bridgehead atoms. The molecule has 0 spiro atoms. The van der Waals surface area contributed by atoms with Gasteiger partial charge in [0, 0.05) is 11.4 Å². The summed E-state index contributed by atoms with van der Waals surface area (Å²) in [5.41, 5.74) is 3.64. The average Bonchev–Trinajstić information content (AvgIpc) is 2.54. The second kappa shape index (κ2) is 8.80. The minimum absolute atomic E-state index is 0.299. The van der Waals surface area contributed by atoms with Crippen molar-refractivity contribution in [3.63, 3.8) is 0 Å². The Morgan fingerprint density at radius 3 is 1.92 bits per heavy atom. The Hall–Kier alpha value is -3.15. The lowest BCUT2D eigenvalue weighted by Crippen LogP contribution is -2.21. The van der Waals surface area contributed by atoms with Crippen LogP contribution in [0, 0.1) is 13.8 Å². The number of amides is 2. The Bertz CT molecular complexity index is 793. The first-order valence-electron chi connectivity index (χ1n) is 8.32. The molecule has 0 aromatic heterocycles. The van der Waals surface area contributed by atoms with E-state index in [0.717, 1.165) is 11.1 Å². The molecule has 6 heteroatoms. The van der Waals surface area contributed by atoms with E-state index in [2.05, 4.69) is 10.6 Å². The largest absolute Gasteiger partial charge is 0.462 e. The van der Waals surface area contributed by atoms with E-state index in [4.69, 9.17) is 4.74 Å². The number of esters is 1. The van der Waals surface area contributed by atoms with Gasteiger partial charge in [0.05, 0.1) is 12.2 Å². The lowest BCUT2D eigenvalue weighted by atomic mass is 10.1. The van der Waals surface area contributed by atoms with E-state index in [-0.39, 0.29) is 6.42 Å². The predicted octanol–water partition coefficient (Wildman–Crippen LogP) is 3.45. The molecule has 2 aromatic carbocycles. The van der Waals surface area contributed by atoms with Gasteiger partial charge in [-0.05, 0) is 68.3 Å². The number of benzene rings is 2. The lowest BCUT2D eigenvalue weighted by Gasteiger charge is -2.09. The standard InChI is InChI=1S/C20H22N2O4/c1-4-26-20(25)15-5-7-16(8-6-15)21-18(23)12-19(24)22-17-10-13(2)9-14(3)11-17/h5-11H,4,12H2,1-3H3,(H,21,23)(H,22,24). The maximum atomic E-state index is 12.0. The van der Waals surface area contributed by atoms with Gasteiger partial charge in [-0.3, -0.25) is 9.59 Å². The van der Waals surface area contributed by atoms with Crippen LogP contribution in [0.5, 0.6) is 0 Å². The van der Waals surface area contributed by atoms with Crippen LogP contribution in [-0.4, -0.2) is 24.4 Å². The summed E-state index contributed by atoms with van der Waals surface area (Å²) < 4.78 is 4.90. The molecule has 2 aromatic rings. The summed E-state index contributed by atoms with van der Waals surface area (Å²) in [5, 5.41) is 5.35. The van der Waals surface area contributed by atoms with Crippen molar-refractivity contribution < 1.29 is 19.1 Å². The molecule has 2 amide bonds. The molecule has 0 aliphatic carbocycles. The third-order valence-electron chi connectivity index (χ3n) is 3.51. The number of carbonyl (C=O) groups excluding carboxylic acids is 3. The maximum absolute atomic E-state index is 12.0. The van der Waals surface area contributed by atoms with E-state index in [1.54, 1.807) is 31.2 Å². The summed E-state index contributed by atoms with van der Waals surface area (Å²) in [7, 11) is 0. The summed E-state index contributed by atoms with van der Waals surface area (Å²) in [5.74, 6) is -1.25. The molecule has 136 valence electrons. The van der Waals surface area contributed by atoms with Crippen molar-refractivity contribution >= 4 is 29.2 Å². The summed E-state index contributed by atoms with van der Waals surface area (Å²) in [6.07, 6.45) is -0.299. The van der Waals surface area contributed by atoms with E-state index in [9.17, 15) is 14.4 Å². The summed E-state index contributed by atoms with van der Waals surface area (Å²) in [6, 6.07) is 12.0. The van der Waals surface area contributed by atoms with Crippen LogP contribution in [0.15, 0.2) is 42.5 Å². The predicted molar refractivity (Wildman–Crippen MR) is 100 cm³/mol. The van der Waals surface area contributed by atoms with E-state index >= 15 is 0 Å². The fourth-order valence-electron chi connectivity index (χ4n) is 2.51. The molecule has 0 radical (unpaired) electrons. The molecular formula is C20H22N2O4. The SMILES string of the molecule is CCOC(=O)c1ccc(NC(=O)CC(=O)Nc2cc(C)cc(C)c2)cc1. The van der Waals surface area contributed by atoms with Crippen molar-refractivity contribution in [3.8, 4) is 0 Å². The van der Waals surface area contributed by atoms with Crippen molar-refractivity contribution in [1.82, 2.24) is 0 Å². The minimum Gasteiger partial charge on any atom is -0.462 e. The van der Waals surface area contributed by atoms with Crippen molar-refractivity contribution in [2.45, 2.75) is 27.2 Å². The van der Waals surface area contributed by atoms with Gasteiger partial charge >= 0.3 is 5.97 Å². The number of anilines is 2. The summed E-state index contributed by atoms with van der Waals surface area (Å²) in [4.78, 5) is 35.6. The number of ether oxygens (including phenoxy) is 1. The highest BCUT2D eigenvalue weighted by molar-refractivity contribution is 6.08. The van der Waals surface area contributed by atoms with Crippen LogP contribution in [0.4, 0.5) is 11.4 Å². The molecule has 0 fully saturated rings. The number of aryl methyl sites for hydroxylation is 2. The molecular weight excluding hydrogens is 332 g/mol. The van der Waals surface area contributed by atoms with Gasteiger partial charge in [0.1, 0.15) is 6.42 Å². The van der Waals surface area contributed by atoms with Crippen molar-refractivity contribution in [3.05, 3.63) is 59.2 Å². The Balaban J connectivity index is 1.89. The van der Waals surface area contributed by atoms with Gasteiger partial charge < -0.3 is 15.4 Å². The molecule has 0 saturated heterocycles. The Labute approximate surface area is 152 Å². The quantitative estimate of drug-likeness (QED) is 0.615. The molecule has 0 heterocycles. The maximum Gasteiger partial charge on any atom is 0.338 e. The number of nitrogens with one attached hydrogen (secondary N) is 2. The number of rotatable bonds is 6. The third-order valence-corrected chi connectivity index (χ3v) is 3.51. The van der Waals surface area contributed by atoms with Gasteiger partial charge in [0.2, 0.25) is 11.8 Å². The molecule has 0 aliphatic rings. The summed E-state index contributed by atoms with van der Waals surface area (Å²) in [6.45, 7) is 5.91. The first-order valence-corrected chi connectivity index (χ1v) is 8.32. The molecule has 0 atom stereocenters. The number of hydrogen-bond acceptors (Lipinski definition) is 4. The molecule has 2 rings (SSSR count). The van der Waals surface area contributed by atoms with Crippen LogP contribution < -0.4 is 10.6 Å². The van der Waals surface area contributed by atoms with Crippen molar-refractivity contribution in [2.24, 2.45) is 0 Å². The molecule has 26 heavy (non-hydrogen) atoms. The van der Waals surface area contributed by atoms with Gasteiger partial charge in [-0.1, -0.05) is 6.07 Å². The fourth-order valence-corrected chi connectivity index (χ4v) is 2.51. The zero-order valence-electron chi connectivity index (χ0n) is 15.1. The van der Waals surface area contributed by atoms with Gasteiger partial charge in [-0.25, -0.2) is 4.79 Å². The van der Waals surface area contributed by atoms with E-state index in [0.29, 0.717) is 23.5 Å². The van der Waals surface area contributed by atoms with Gasteiger partial charge in [-0.15, -0.1) is 0 Å². The van der Waals surface area contributed by atoms with Gasteiger partial charge in [-0.2, -0.15) is 0 Å². The van der Waals surface area contributed by atoms with Crippen molar-refractivity contribution in [2.75, 3.05) is 17.2 Å². The van der Waals surface area contributed by atoms with Crippen LogP contribution in [0.25, 0.3) is 0 Å². The second-order valence-corrected chi connectivity index (χ2v) is 5.95. The zero-order chi connectivity index (χ0) is 19.1. The Kier molecular flexibility index (Phi) is 6.49. The first-order chi connectivity index (χ1) is 12.4. The van der Waals surface area contributed by atoms with Crippen LogP contribution >= 0.6 is 0 Å². The molecule has 6 nitrogen and oxygen atoms in total. The number of hydrogen-bond donors (Lipinski definition) is 2. The number of carbonyl (C=O) groups is 3. The average molecular weight is 354 g/mol. The van der Waals surface area contributed by atoms with Gasteiger partial charge in [0.15, 0.2) is 0 Å². The van der Waals surface area contributed by atoms with Crippen LogP contribution in [0.2, 0.25) is 0 Å². The minimum atomic E-state index is -0.434. The molecule has 0 saturated carbocycles. The lowest BCUT2D eigenvalue weighted by molar-refractivity contribution is -0.123. The van der Waals surface area contributed by atoms with E-state index in [1.807, 2.05) is 32.0 Å². The zero-order valence-corrected chi connectivity index (χ0v) is 15.1. The highest BCUT2D eigenvalue weighted by Crippen LogP contribution is 2.14.